The van der Waals surface area contributed by atoms with Crippen LogP contribution in [-0.4, -0.2) is 31.0 Å². The minimum atomic E-state index is -0.382. The molecule has 1 heterocycles. The van der Waals surface area contributed by atoms with Gasteiger partial charge in [0.25, 0.3) is 0 Å². The highest BCUT2D eigenvalue weighted by Gasteiger charge is 2.33. The van der Waals surface area contributed by atoms with Gasteiger partial charge in [0, 0.05) is 18.3 Å². The van der Waals surface area contributed by atoms with E-state index in [0.29, 0.717) is 12.5 Å². The van der Waals surface area contributed by atoms with Crippen LogP contribution in [0.25, 0.3) is 0 Å². The topological polar surface area (TPSA) is 53.6 Å². The number of hydrogen-bond acceptors (Lipinski definition) is 2. The van der Waals surface area contributed by atoms with Gasteiger partial charge in [0.1, 0.15) is 5.82 Å². The van der Waals surface area contributed by atoms with E-state index in [2.05, 4.69) is 15.2 Å². The first kappa shape index (κ1) is 20.9. The lowest BCUT2D eigenvalue weighted by molar-refractivity contribution is 0.279. The molecule has 0 saturated carbocycles. The third-order valence-electron chi connectivity index (χ3n) is 4.60. The number of likely N-dealkylation sites (tertiary alicyclic amines) is 1. The molecule has 2 atom stereocenters. The molecule has 3 rings (SSSR count). The van der Waals surface area contributed by atoms with Crippen LogP contribution >= 0.6 is 35.6 Å². The molecular formula is C19H23ClFIN4. The van der Waals surface area contributed by atoms with Crippen molar-refractivity contribution in [3.63, 3.8) is 0 Å². The second kappa shape index (κ2) is 9.53. The minimum absolute atomic E-state index is 0. The maximum absolute atomic E-state index is 13.8. The Morgan fingerprint density at radius 3 is 2.73 bits per heavy atom. The molecule has 0 aromatic heterocycles. The molecule has 0 amide bonds. The number of nitrogens with one attached hydrogen (secondary N) is 1. The van der Waals surface area contributed by atoms with E-state index in [9.17, 15) is 4.39 Å². The van der Waals surface area contributed by atoms with Crippen molar-refractivity contribution in [1.29, 1.82) is 0 Å². The Bertz CT molecular complexity index is 756. The largest absolute Gasteiger partial charge is 0.370 e. The number of hydrogen-bond donors (Lipinski definition) is 2. The fourth-order valence-corrected chi connectivity index (χ4v) is 3.48. The van der Waals surface area contributed by atoms with Gasteiger partial charge in [-0.3, -0.25) is 9.89 Å². The average Bonchev–Trinajstić information content (AvgIpc) is 2.97. The smallest absolute Gasteiger partial charge is 0.193 e. The number of rotatable bonds is 4. The quantitative estimate of drug-likeness (QED) is 0.378. The molecule has 2 unspecified atom stereocenters. The fraction of sp³-hybridized carbons (Fsp3) is 0.316. The van der Waals surface area contributed by atoms with Gasteiger partial charge < -0.3 is 11.1 Å². The molecule has 140 valence electrons. The average molecular weight is 489 g/mol. The van der Waals surface area contributed by atoms with Crippen LogP contribution in [0.5, 0.6) is 0 Å². The summed E-state index contributed by atoms with van der Waals surface area (Å²) in [5.41, 5.74) is 7.83. The van der Waals surface area contributed by atoms with Gasteiger partial charge in [0.15, 0.2) is 5.96 Å². The van der Waals surface area contributed by atoms with E-state index in [4.69, 9.17) is 17.3 Å². The van der Waals surface area contributed by atoms with Crippen molar-refractivity contribution in [1.82, 2.24) is 4.90 Å². The fourth-order valence-electron chi connectivity index (χ4n) is 3.36. The van der Waals surface area contributed by atoms with Crippen LogP contribution in [0.3, 0.4) is 0 Å². The molecule has 2 aromatic rings. The lowest BCUT2D eigenvalue weighted by Gasteiger charge is -2.25. The monoisotopic (exact) mass is 488 g/mol. The maximum Gasteiger partial charge on any atom is 0.193 e. The first-order valence-electron chi connectivity index (χ1n) is 8.32. The van der Waals surface area contributed by atoms with E-state index in [0.717, 1.165) is 24.2 Å². The van der Waals surface area contributed by atoms with Crippen LogP contribution in [0.2, 0.25) is 5.02 Å². The van der Waals surface area contributed by atoms with E-state index in [1.165, 1.54) is 6.07 Å². The van der Waals surface area contributed by atoms with Crippen LogP contribution in [0.4, 0.5) is 10.1 Å². The standard InChI is InChI=1S/C19H22ClFN4.HI/c1-25-10-9-14(18(25)13-7-8-16(20)17(21)11-13)12-23-19(22)24-15-5-3-2-4-6-15;/h2-8,11,14,18H,9-10,12H2,1H3,(H3,22,23,24);1H. The zero-order valence-electron chi connectivity index (χ0n) is 14.5. The van der Waals surface area contributed by atoms with Gasteiger partial charge >= 0.3 is 0 Å². The van der Waals surface area contributed by atoms with Crippen LogP contribution < -0.4 is 11.1 Å². The Labute approximate surface area is 175 Å². The van der Waals surface area contributed by atoms with Gasteiger partial charge in [-0.05, 0) is 55.8 Å². The Morgan fingerprint density at radius 2 is 2.04 bits per heavy atom. The number of guanidine groups is 1. The van der Waals surface area contributed by atoms with Gasteiger partial charge in [0.2, 0.25) is 0 Å². The third-order valence-corrected chi connectivity index (χ3v) is 4.91. The Hall–Kier alpha value is -1.38. The van der Waals surface area contributed by atoms with Crippen molar-refractivity contribution in [3.05, 3.63) is 64.9 Å². The minimum Gasteiger partial charge on any atom is -0.370 e. The van der Waals surface area contributed by atoms with Crippen LogP contribution in [-0.2, 0) is 0 Å². The zero-order chi connectivity index (χ0) is 17.8. The molecule has 1 saturated heterocycles. The number of nitrogens with zero attached hydrogens (tertiary/aromatic N) is 2. The van der Waals surface area contributed by atoms with Crippen molar-refractivity contribution in [2.75, 3.05) is 25.5 Å². The number of para-hydroxylation sites is 1. The van der Waals surface area contributed by atoms with Crippen molar-refractivity contribution in [2.24, 2.45) is 16.6 Å². The number of anilines is 1. The summed E-state index contributed by atoms with van der Waals surface area (Å²) in [5.74, 6) is 0.287. The summed E-state index contributed by atoms with van der Waals surface area (Å²) in [6.07, 6.45) is 0.994. The van der Waals surface area contributed by atoms with Crippen LogP contribution in [0.15, 0.2) is 53.5 Å². The summed E-state index contributed by atoms with van der Waals surface area (Å²) in [7, 11) is 2.05. The highest BCUT2D eigenvalue weighted by atomic mass is 127. The predicted octanol–water partition coefficient (Wildman–Crippen LogP) is 4.52. The van der Waals surface area contributed by atoms with E-state index in [1.807, 2.05) is 43.4 Å². The normalized spacial score (nSPS) is 20.7. The van der Waals surface area contributed by atoms with E-state index >= 15 is 0 Å². The van der Waals surface area contributed by atoms with Crippen molar-refractivity contribution >= 4 is 47.2 Å². The van der Waals surface area contributed by atoms with Crippen molar-refractivity contribution in [2.45, 2.75) is 12.5 Å². The van der Waals surface area contributed by atoms with Gasteiger partial charge in [0.05, 0.1) is 5.02 Å². The second-order valence-corrected chi connectivity index (χ2v) is 6.77. The third kappa shape index (κ3) is 5.08. The molecule has 0 radical (unpaired) electrons. The summed E-state index contributed by atoms with van der Waals surface area (Å²) >= 11 is 5.80. The van der Waals surface area contributed by atoms with Crippen LogP contribution in [0, 0.1) is 11.7 Å². The Kier molecular flexibility index (Phi) is 7.67. The van der Waals surface area contributed by atoms with E-state index < -0.39 is 0 Å². The highest BCUT2D eigenvalue weighted by Crippen LogP contribution is 2.37. The Balaban J connectivity index is 0.00000243. The van der Waals surface area contributed by atoms with E-state index in [-0.39, 0.29) is 46.8 Å². The SMILES string of the molecule is CN1CCC(CN=C(N)Nc2ccccc2)C1c1ccc(Cl)c(F)c1.I. The highest BCUT2D eigenvalue weighted by molar-refractivity contribution is 14.0. The van der Waals surface area contributed by atoms with E-state index in [1.54, 1.807) is 6.07 Å². The first-order chi connectivity index (χ1) is 12.0. The van der Waals surface area contributed by atoms with Crippen LogP contribution in [0.1, 0.15) is 18.0 Å². The van der Waals surface area contributed by atoms with Gasteiger partial charge in [-0.1, -0.05) is 35.9 Å². The summed E-state index contributed by atoms with van der Waals surface area (Å²) in [4.78, 5) is 6.71. The molecular weight excluding hydrogens is 466 g/mol. The first-order valence-corrected chi connectivity index (χ1v) is 8.69. The number of aliphatic imine (C=N–C) groups is 1. The molecule has 1 aliphatic heterocycles. The number of halogens is 3. The number of nitrogens with two attached hydrogens (primary N) is 1. The summed E-state index contributed by atoms with van der Waals surface area (Å²) in [5, 5.41) is 3.23. The molecule has 1 aliphatic rings. The molecule has 7 heteroatoms. The molecule has 0 bridgehead atoms. The lowest BCUT2D eigenvalue weighted by atomic mass is 9.94. The zero-order valence-corrected chi connectivity index (χ0v) is 17.6. The maximum atomic E-state index is 13.8. The lowest BCUT2D eigenvalue weighted by Crippen LogP contribution is -2.26. The molecule has 1 fully saturated rings. The Morgan fingerprint density at radius 1 is 1.31 bits per heavy atom. The van der Waals surface area contributed by atoms with Crippen molar-refractivity contribution in [3.8, 4) is 0 Å². The number of benzene rings is 2. The summed E-state index contributed by atoms with van der Waals surface area (Å²) < 4.78 is 13.8. The van der Waals surface area contributed by atoms with Gasteiger partial charge in [-0.25, -0.2) is 4.39 Å². The molecule has 2 aromatic carbocycles. The summed E-state index contributed by atoms with van der Waals surface area (Å²) in [6, 6.07) is 14.8. The second-order valence-electron chi connectivity index (χ2n) is 6.36. The molecule has 3 N–H and O–H groups in total. The molecule has 26 heavy (non-hydrogen) atoms. The summed E-state index contributed by atoms with van der Waals surface area (Å²) in [6.45, 7) is 1.53. The van der Waals surface area contributed by atoms with Crippen molar-refractivity contribution < 1.29 is 4.39 Å². The van der Waals surface area contributed by atoms with Gasteiger partial charge in [-0.2, -0.15) is 0 Å². The molecule has 0 spiro atoms. The molecule has 0 aliphatic carbocycles. The predicted molar refractivity (Wildman–Crippen MR) is 117 cm³/mol. The molecule has 4 nitrogen and oxygen atoms in total. The van der Waals surface area contributed by atoms with Gasteiger partial charge in [-0.15, -0.1) is 24.0 Å².